The molecule has 0 radical (unpaired) electrons. The van der Waals surface area contributed by atoms with Crippen LogP contribution in [-0.2, 0) is 0 Å². The molecule has 2 aromatic rings. The van der Waals surface area contributed by atoms with Crippen molar-refractivity contribution in [3.05, 3.63) is 94.6 Å². The van der Waals surface area contributed by atoms with Gasteiger partial charge in [-0.3, -0.25) is 0 Å². The zero-order valence-electron chi connectivity index (χ0n) is 13.2. The van der Waals surface area contributed by atoms with E-state index in [1.54, 1.807) is 12.2 Å². The molecule has 0 saturated carbocycles. The molecule has 0 nitrogen and oxygen atoms in total. The SMILES string of the molecule is Cc1ccc(C2=CCC=C(c3ccc(C)cc3)C(F)=C2F)cc1. The molecule has 3 rings (SSSR count). The lowest BCUT2D eigenvalue weighted by Crippen LogP contribution is -1.91. The Hall–Kier alpha value is -2.48. The normalized spacial score (nSPS) is 15.1. The first kappa shape index (κ1) is 15.4. The number of hydrogen-bond acceptors (Lipinski definition) is 0. The fourth-order valence-electron chi connectivity index (χ4n) is 2.67. The van der Waals surface area contributed by atoms with Gasteiger partial charge in [-0.1, -0.05) is 71.8 Å². The highest BCUT2D eigenvalue weighted by Gasteiger charge is 2.20. The van der Waals surface area contributed by atoms with Crippen molar-refractivity contribution in [2.45, 2.75) is 20.3 Å². The van der Waals surface area contributed by atoms with Crippen LogP contribution in [0.3, 0.4) is 0 Å². The standard InChI is InChI=1S/C21H18F2/c1-14-6-10-16(11-7-14)18-4-3-5-19(21(23)20(18)22)17-12-8-15(2)9-13-17/h4-13H,3H2,1-2H3. The van der Waals surface area contributed by atoms with Crippen molar-refractivity contribution < 1.29 is 8.78 Å². The summed E-state index contributed by atoms with van der Waals surface area (Å²) in [6, 6.07) is 14.9. The maximum Gasteiger partial charge on any atom is 0.166 e. The van der Waals surface area contributed by atoms with Crippen LogP contribution in [-0.4, -0.2) is 0 Å². The van der Waals surface area contributed by atoms with Crippen molar-refractivity contribution in [1.29, 1.82) is 0 Å². The van der Waals surface area contributed by atoms with Gasteiger partial charge in [0.15, 0.2) is 11.7 Å². The van der Waals surface area contributed by atoms with Gasteiger partial charge in [0.1, 0.15) is 0 Å². The second-order valence-corrected chi connectivity index (χ2v) is 5.83. The highest BCUT2D eigenvalue weighted by atomic mass is 19.2. The van der Waals surface area contributed by atoms with Gasteiger partial charge in [0, 0.05) is 11.1 Å². The molecular formula is C21H18F2. The van der Waals surface area contributed by atoms with Gasteiger partial charge in [-0.2, -0.15) is 0 Å². The maximum atomic E-state index is 14.7. The van der Waals surface area contributed by atoms with Crippen molar-refractivity contribution in [3.8, 4) is 0 Å². The quantitative estimate of drug-likeness (QED) is 0.608. The molecule has 0 saturated heterocycles. The van der Waals surface area contributed by atoms with Gasteiger partial charge in [-0.25, -0.2) is 8.78 Å². The van der Waals surface area contributed by atoms with Gasteiger partial charge in [0.05, 0.1) is 0 Å². The first-order valence-electron chi connectivity index (χ1n) is 7.66. The summed E-state index contributed by atoms with van der Waals surface area (Å²) in [6.07, 6.45) is 3.97. The minimum atomic E-state index is -0.793. The van der Waals surface area contributed by atoms with Crippen molar-refractivity contribution >= 4 is 11.1 Å². The summed E-state index contributed by atoms with van der Waals surface area (Å²) in [4.78, 5) is 0. The minimum Gasteiger partial charge on any atom is -0.203 e. The van der Waals surface area contributed by atoms with Crippen LogP contribution in [0.15, 0.2) is 72.3 Å². The van der Waals surface area contributed by atoms with E-state index >= 15 is 0 Å². The molecule has 2 heteroatoms. The Morgan fingerprint density at radius 2 is 0.957 bits per heavy atom. The summed E-state index contributed by atoms with van der Waals surface area (Å²) in [5.41, 5.74) is 4.21. The lowest BCUT2D eigenvalue weighted by molar-refractivity contribution is 0.583. The van der Waals surface area contributed by atoms with Crippen LogP contribution < -0.4 is 0 Å². The van der Waals surface area contributed by atoms with Crippen LogP contribution >= 0.6 is 0 Å². The summed E-state index contributed by atoms with van der Waals surface area (Å²) in [6.45, 7) is 3.93. The van der Waals surface area contributed by atoms with Crippen molar-refractivity contribution in [2.24, 2.45) is 0 Å². The predicted octanol–water partition coefficient (Wildman–Crippen LogP) is 6.32. The fraction of sp³-hybridized carbons (Fsp3) is 0.143. The first-order chi connectivity index (χ1) is 11.1. The number of aryl methyl sites for hydroxylation is 2. The van der Waals surface area contributed by atoms with E-state index in [2.05, 4.69) is 0 Å². The van der Waals surface area contributed by atoms with E-state index in [9.17, 15) is 8.78 Å². The molecule has 0 amide bonds. The van der Waals surface area contributed by atoms with Gasteiger partial charge < -0.3 is 0 Å². The summed E-state index contributed by atoms with van der Waals surface area (Å²) >= 11 is 0. The molecule has 0 spiro atoms. The van der Waals surface area contributed by atoms with Crippen molar-refractivity contribution in [1.82, 2.24) is 0 Å². The summed E-state index contributed by atoms with van der Waals surface area (Å²) in [5.74, 6) is -1.59. The van der Waals surface area contributed by atoms with Gasteiger partial charge in [-0.15, -0.1) is 0 Å². The zero-order chi connectivity index (χ0) is 16.4. The molecule has 0 N–H and O–H groups in total. The molecule has 0 heterocycles. The molecule has 0 fully saturated rings. The van der Waals surface area contributed by atoms with Gasteiger partial charge in [-0.05, 0) is 31.4 Å². The highest BCUT2D eigenvalue weighted by Crippen LogP contribution is 2.37. The lowest BCUT2D eigenvalue weighted by Gasteiger charge is -2.08. The number of benzene rings is 2. The molecule has 0 atom stereocenters. The fourth-order valence-corrected chi connectivity index (χ4v) is 2.67. The second-order valence-electron chi connectivity index (χ2n) is 5.83. The number of hydrogen-bond donors (Lipinski definition) is 0. The van der Waals surface area contributed by atoms with E-state index in [-0.39, 0.29) is 0 Å². The summed E-state index contributed by atoms with van der Waals surface area (Å²) < 4.78 is 29.4. The molecule has 1 aliphatic carbocycles. The van der Waals surface area contributed by atoms with Crippen LogP contribution in [0.2, 0.25) is 0 Å². The van der Waals surface area contributed by atoms with Gasteiger partial charge >= 0.3 is 0 Å². The Kier molecular flexibility index (Phi) is 4.24. The largest absolute Gasteiger partial charge is 0.203 e. The monoisotopic (exact) mass is 308 g/mol. The van der Waals surface area contributed by atoms with Gasteiger partial charge in [0.2, 0.25) is 0 Å². The van der Waals surface area contributed by atoms with E-state index in [4.69, 9.17) is 0 Å². The third-order valence-corrected chi connectivity index (χ3v) is 4.03. The van der Waals surface area contributed by atoms with E-state index in [0.717, 1.165) is 11.1 Å². The zero-order valence-corrected chi connectivity index (χ0v) is 13.2. The smallest absolute Gasteiger partial charge is 0.166 e. The Morgan fingerprint density at radius 3 is 1.30 bits per heavy atom. The molecule has 1 aliphatic rings. The Bertz CT molecular complexity index is 734. The highest BCUT2D eigenvalue weighted by molar-refractivity contribution is 5.87. The average Bonchev–Trinajstić information content (AvgIpc) is 2.70. The molecule has 0 unspecified atom stereocenters. The summed E-state index contributed by atoms with van der Waals surface area (Å²) in [5, 5.41) is 0. The number of rotatable bonds is 2. The van der Waals surface area contributed by atoms with Crippen LogP contribution in [0, 0.1) is 13.8 Å². The predicted molar refractivity (Wildman–Crippen MR) is 92.2 cm³/mol. The third-order valence-electron chi connectivity index (χ3n) is 4.03. The molecule has 23 heavy (non-hydrogen) atoms. The number of halogens is 2. The van der Waals surface area contributed by atoms with Gasteiger partial charge in [0.25, 0.3) is 0 Å². The molecule has 0 bridgehead atoms. The van der Waals surface area contributed by atoms with Crippen LogP contribution in [0.1, 0.15) is 28.7 Å². The topological polar surface area (TPSA) is 0 Å². The molecule has 116 valence electrons. The second kappa shape index (κ2) is 6.33. The van der Waals surface area contributed by atoms with Crippen LogP contribution in [0.4, 0.5) is 8.78 Å². The van der Waals surface area contributed by atoms with E-state index in [0.29, 0.717) is 28.7 Å². The van der Waals surface area contributed by atoms with Crippen molar-refractivity contribution in [2.75, 3.05) is 0 Å². The number of allylic oxidation sites excluding steroid dienone is 6. The maximum absolute atomic E-state index is 14.7. The Balaban J connectivity index is 2.01. The average molecular weight is 308 g/mol. The molecule has 0 aliphatic heterocycles. The third kappa shape index (κ3) is 3.16. The molecular weight excluding hydrogens is 290 g/mol. The van der Waals surface area contributed by atoms with E-state index in [1.165, 1.54) is 0 Å². The lowest BCUT2D eigenvalue weighted by atomic mass is 10.00. The minimum absolute atomic E-state index is 0.320. The first-order valence-corrected chi connectivity index (χ1v) is 7.66. The molecule has 0 aromatic heterocycles. The van der Waals surface area contributed by atoms with Crippen molar-refractivity contribution in [3.63, 3.8) is 0 Å². The van der Waals surface area contributed by atoms with Crippen LogP contribution in [0.5, 0.6) is 0 Å². The van der Waals surface area contributed by atoms with Crippen LogP contribution in [0.25, 0.3) is 11.1 Å². The van der Waals surface area contributed by atoms with E-state index < -0.39 is 11.7 Å². The van der Waals surface area contributed by atoms with E-state index in [1.807, 2.05) is 62.4 Å². The summed E-state index contributed by atoms with van der Waals surface area (Å²) in [7, 11) is 0. The Morgan fingerprint density at radius 1 is 0.609 bits per heavy atom. The molecule has 2 aromatic carbocycles. The Labute approximate surface area is 135 Å².